The summed E-state index contributed by atoms with van der Waals surface area (Å²) in [4.78, 5) is 26.1. The molecule has 0 aliphatic carbocycles. The van der Waals surface area contributed by atoms with Gasteiger partial charge in [-0.25, -0.2) is 9.59 Å². The van der Waals surface area contributed by atoms with Crippen molar-refractivity contribution in [2.24, 2.45) is 0 Å². The average molecular weight is 387 g/mol. The van der Waals surface area contributed by atoms with E-state index in [1.807, 2.05) is 13.8 Å². The Balaban J connectivity index is 1.90. The molecule has 3 heterocycles. The Labute approximate surface area is 159 Å². The zero-order valence-electron chi connectivity index (χ0n) is 16.9. The van der Waals surface area contributed by atoms with Crippen LogP contribution in [0.15, 0.2) is 0 Å². The largest absolute Gasteiger partial charge is 0.443 e. The molecule has 3 rings (SSSR count). The van der Waals surface area contributed by atoms with Gasteiger partial charge in [0.1, 0.15) is 23.9 Å². The summed E-state index contributed by atoms with van der Waals surface area (Å²) in [7, 11) is 0. The Hall–Kier alpha value is -1.42. The highest BCUT2D eigenvalue weighted by Crippen LogP contribution is 2.40. The molecule has 3 saturated heterocycles. The van der Waals surface area contributed by atoms with E-state index in [0.29, 0.717) is 0 Å². The number of imide groups is 1. The topological polar surface area (TPSA) is 92.8 Å². The van der Waals surface area contributed by atoms with Crippen LogP contribution in [0.5, 0.6) is 0 Å². The van der Waals surface area contributed by atoms with Gasteiger partial charge < -0.3 is 28.4 Å². The number of carbonyl (C=O) groups is 2. The molecule has 0 bridgehead atoms. The first-order valence-electron chi connectivity index (χ1n) is 9.23. The van der Waals surface area contributed by atoms with E-state index < -0.39 is 54.2 Å². The lowest BCUT2D eigenvalue weighted by atomic mass is 9.95. The number of hydrogen-bond donors (Lipinski definition) is 0. The number of ether oxygens (including phenoxy) is 6. The second-order valence-electron chi connectivity index (χ2n) is 8.71. The van der Waals surface area contributed by atoms with Crippen LogP contribution >= 0.6 is 0 Å². The number of fused-ring (bicyclic) bond motifs is 3. The first-order chi connectivity index (χ1) is 12.4. The van der Waals surface area contributed by atoms with Crippen LogP contribution in [0.1, 0.15) is 48.5 Å². The standard InChI is InChI=1S/C18H29NO8/c1-9(2)23-14-11-13(12-10(24-14)8-22-18(6,7)26-12)25-15(20)19(11)16(21)27-17(3,4)5/h9-14H,8H2,1-7H3/t10-,11-,12-,13+,14-/m1/s1. The minimum Gasteiger partial charge on any atom is -0.443 e. The molecule has 9 heteroatoms. The molecule has 27 heavy (non-hydrogen) atoms. The Morgan fingerprint density at radius 1 is 1.26 bits per heavy atom. The summed E-state index contributed by atoms with van der Waals surface area (Å²) in [6.07, 6.45) is -4.46. The maximum atomic E-state index is 12.7. The van der Waals surface area contributed by atoms with Crippen LogP contribution in [-0.2, 0) is 28.4 Å². The minimum absolute atomic E-state index is 0.190. The number of carbonyl (C=O) groups excluding carboxylic acids is 2. The van der Waals surface area contributed by atoms with E-state index in [0.717, 1.165) is 4.90 Å². The van der Waals surface area contributed by atoms with Crippen LogP contribution in [0.25, 0.3) is 0 Å². The van der Waals surface area contributed by atoms with Gasteiger partial charge in [-0.15, -0.1) is 0 Å². The Kier molecular flexibility index (Phi) is 5.17. The molecule has 9 nitrogen and oxygen atoms in total. The van der Waals surface area contributed by atoms with Crippen molar-refractivity contribution >= 4 is 12.2 Å². The van der Waals surface area contributed by atoms with Gasteiger partial charge in [0.05, 0.1) is 12.7 Å². The van der Waals surface area contributed by atoms with Crippen molar-refractivity contribution in [1.29, 1.82) is 0 Å². The van der Waals surface area contributed by atoms with E-state index in [1.165, 1.54) is 0 Å². The maximum Gasteiger partial charge on any atom is 0.420 e. The highest BCUT2D eigenvalue weighted by molar-refractivity contribution is 5.90. The van der Waals surface area contributed by atoms with Gasteiger partial charge in [-0.05, 0) is 48.5 Å². The van der Waals surface area contributed by atoms with Gasteiger partial charge >= 0.3 is 12.2 Å². The lowest BCUT2D eigenvalue weighted by Crippen LogP contribution is -2.66. The zero-order chi connectivity index (χ0) is 20.1. The molecule has 0 N–H and O–H groups in total. The summed E-state index contributed by atoms with van der Waals surface area (Å²) < 4.78 is 34.4. The smallest absolute Gasteiger partial charge is 0.420 e. The molecule has 0 aromatic heterocycles. The van der Waals surface area contributed by atoms with E-state index >= 15 is 0 Å². The summed E-state index contributed by atoms with van der Waals surface area (Å²) in [6, 6.07) is -0.815. The van der Waals surface area contributed by atoms with Crippen molar-refractivity contribution in [3.05, 3.63) is 0 Å². The van der Waals surface area contributed by atoms with Crippen LogP contribution in [-0.4, -0.2) is 71.8 Å². The molecule has 0 spiro atoms. The van der Waals surface area contributed by atoms with Gasteiger partial charge in [0.15, 0.2) is 18.2 Å². The lowest BCUT2D eigenvalue weighted by Gasteiger charge is -2.49. The molecule has 0 aromatic rings. The number of nitrogens with zero attached hydrogens (tertiary/aromatic N) is 1. The Morgan fingerprint density at radius 3 is 2.52 bits per heavy atom. The summed E-state index contributed by atoms with van der Waals surface area (Å²) in [5.74, 6) is -0.855. The number of amides is 2. The summed E-state index contributed by atoms with van der Waals surface area (Å²) in [6.45, 7) is 12.7. The van der Waals surface area contributed by atoms with E-state index in [2.05, 4.69) is 0 Å². The number of rotatable bonds is 2. The van der Waals surface area contributed by atoms with Crippen LogP contribution in [0.3, 0.4) is 0 Å². The highest BCUT2D eigenvalue weighted by Gasteiger charge is 2.62. The SMILES string of the molecule is CC(C)O[C@@H]1O[C@@H]2COC(C)(C)O[C@H]2[C@H]2OC(=O)N(C(=O)OC(C)(C)C)[C@@H]12. The van der Waals surface area contributed by atoms with Gasteiger partial charge in [0.25, 0.3) is 0 Å². The van der Waals surface area contributed by atoms with E-state index in [-0.39, 0.29) is 12.7 Å². The summed E-state index contributed by atoms with van der Waals surface area (Å²) >= 11 is 0. The fourth-order valence-corrected chi connectivity index (χ4v) is 3.40. The van der Waals surface area contributed by atoms with Crippen molar-refractivity contribution in [3.8, 4) is 0 Å². The minimum atomic E-state index is -0.872. The van der Waals surface area contributed by atoms with E-state index in [9.17, 15) is 9.59 Å². The van der Waals surface area contributed by atoms with Gasteiger partial charge in [0.2, 0.25) is 0 Å². The van der Waals surface area contributed by atoms with Crippen molar-refractivity contribution in [2.45, 2.75) is 96.6 Å². The summed E-state index contributed by atoms with van der Waals surface area (Å²) in [5.41, 5.74) is -0.765. The molecule has 3 aliphatic rings. The van der Waals surface area contributed by atoms with Gasteiger partial charge in [0, 0.05) is 0 Å². The molecular formula is C18H29NO8. The van der Waals surface area contributed by atoms with Crippen molar-refractivity contribution in [3.63, 3.8) is 0 Å². The molecule has 154 valence electrons. The fraction of sp³-hybridized carbons (Fsp3) is 0.889. The first-order valence-corrected chi connectivity index (χ1v) is 9.23. The fourth-order valence-electron chi connectivity index (χ4n) is 3.40. The molecule has 0 unspecified atom stereocenters. The molecular weight excluding hydrogens is 358 g/mol. The van der Waals surface area contributed by atoms with Gasteiger partial charge in [-0.1, -0.05) is 0 Å². The summed E-state index contributed by atoms with van der Waals surface area (Å²) in [5, 5.41) is 0. The number of hydrogen-bond acceptors (Lipinski definition) is 8. The highest BCUT2D eigenvalue weighted by atomic mass is 16.8. The maximum absolute atomic E-state index is 12.7. The average Bonchev–Trinajstić information content (AvgIpc) is 2.83. The third-order valence-corrected chi connectivity index (χ3v) is 4.36. The normalized spacial score (nSPS) is 35.5. The molecule has 0 aromatic carbocycles. The quantitative estimate of drug-likeness (QED) is 0.713. The van der Waals surface area contributed by atoms with Gasteiger partial charge in [-0.2, -0.15) is 4.90 Å². The lowest BCUT2D eigenvalue weighted by molar-refractivity contribution is -0.368. The third kappa shape index (κ3) is 4.21. The molecule has 0 radical (unpaired) electrons. The second kappa shape index (κ2) is 6.88. The molecule has 0 saturated carbocycles. The van der Waals surface area contributed by atoms with E-state index in [1.54, 1.807) is 34.6 Å². The van der Waals surface area contributed by atoms with Crippen LogP contribution < -0.4 is 0 Å². The molecule has 5 atom stereocenters. The molecule has 3 fully saturated rings. The van der Waals surface area contributed by atoms with Crippen LogP contribution in [0.2, 0.25) is 0 Å². The van der Waals surface area contributed by atoms with Crippen LogP contribution in [0, 0.1) is 0 Å². The third-order valence-electron chi connectivity index (χ3n) is 4.36. The second-order valence-corrected chi connectivity index (χ2v) is 8.71. The predicted octanol–water partition coefficient (Wildman–Crippen LogP) is 2.41. The van der Waals surface area contributed by atoms with Gasteiger partial charge in [-0.3, -0.25) is 0 Å². The molecule has 3 aliphatic heterocycles. The first kappa shape index (κ1) is 20.3. The Bertz CT molecular complexity index is 599. The molecule has 2 amide bonds. The van der Waals surface area contributed by atoms with E-state index in [4.69, 9.17) is 28.4 Å². The van der Waals surface area contributed by atoms with Crippen LogP contribution in [0.4, 0.5) is 9.59 Å². The van der Waals surface area contributed by atoms with Crippen molar-refractivity contribution in [2.75, 3.05) is 6.61 Å². The van der Waals surface area contributed by atoms with Crippen molar-refractivity contribution in [1.82, 2.24) is 4.90 Å². The van der Waals surface area contributed by atoms with Crippen molar-refractivity contribution < 1.29 is 38.0 Å². The monoisotopic (exact) mass is 387 g/mol. The zero-order valence-corrected chi connectivity index (χ0v) is 16.9. The Morgan fingerprint density at radius 2 is 1.93 bits per heavy atom. The predicted molar refractivity (Wildman–Crippen MR) is 91.9 cm³/mol.